The molecule has 1 aliphatic rings. The molecule has 0 aliphatic carbocycles. The highest BCUT2D eigenvalue weighted by atomic mass is 16.5. The van der Waals surface area contributed by atoms with Gasteiger partial charge in [0.1, 0.15) is 11.8 Å². The predicted octanol–water partition coefficient (Wildman–Crippen LogP) is 1.25. The number of carbonyl (C=O) groups excluding carboxylic acids is 1. The van der Waals surface area contributed by atoms with Gasteiger partial charge in [0, 0.05) is 13.2 Å². The second-order valence-corrected chi connectivity index (χ2v) is 5.39. The van der Waals surface area contributed by atoms with E-state index in [1.807, 2.05) is 0 Å². The molecule has 3 N–H and O–H groups in total. The van der Waals surface area contributed by atoms with Crippen LogP contribution in [0.15, 0.2) is 24.3 Å². The Morgan fingerprint density at radius 1 is 1.43 bits per heavy atom. The van der Waals surface area contributed by atoms with Gasteiger partial charge in [-0.3, -0.25) is 9.59 Å². The Labute approximate surface area is 135 Å². The molecule has 1 aromatic carbocycles. The molecule has 0 saturated carbocycles. The number of para-hydroxylation sites is 2. The normalized spacial score (nSPS) is 18.4. The first-order valence-electron chi connectivity index (χ1n) is 7.61. The fourth-order valence-corrected chi connectivity index (χ4v) is 2.46. The van der Waals surface area contributed by atoms with E-state index in [2.05, 4.69) is 10.6 Å². The molecular weight excluding hydrogens is 300 g/mol. The Morgan fingerprint density at radius 3 is 2.87 bits per heavy atom. The number of hydrogen-bond donors (Lipinski definition) is 3. The molecule has 0 aromatic heterocycles. The summed E-state index contributed by atoms with van der Waals surface area (Å²) in [5, 5.41) is 14.8. The molecule has 1 heterocycles. The van der Waals surface area contributed by atoms with Crippen LogP contribution in [0.4, 0.5) is 5.69 Å². The number of anilines is 1. The van der Waals surface area contributed by atoms with Crippen molar-refractivity contribution in [2.45, 2.75) is 31.4 Å². The van der Waals surface area contributed by atoms with E-state index >= 15 is 0 Å². The zero-order chi connectivity index (χ0) is 16.7. The molecule has 7 heteroatoms. The number of carbonyl (C=O) groups is 2. The van der Waals surface area contributed by atoms with Gasteiger partial charge in [0.15, 0.2) is 0 Å². The number of hydrogen-bond acceptors (Lipinski definition) is 5. The number of nitrogens with one attached hydrogen (secondary N) is 2. The van der Waals surface area contributed by atoms with Crippen LogP contribution in [0.2, 0.25) is 0 Å². The summed E-state index contributed by atoms with van der Waals surface area (Å²) < 4.78 is 10.6. The van der Waals surface area contributed by atoms with Gasteiger partial charge in [-0.05, 0) is 25.0 Å². The van der Waals surface area contributed by atoms with Crippen molar-refractivity contribution >= 4 is 17.6 Å². The molecule has 1 aliphatic heterocycles. The van der Waals surface area contributed by atoms with E-state index < -0.39 is 12.0 Å². The third kappa shape index (κ3) is 5.22. The summed E-state index contributed by atoms with van der Waals surface area (Å²) in [4.78, 5) is 23.4. The number of methoxy groups -OCH3 is 1. The van der Waals surface area contributed by atoms with Crippen molar-refractivity contribution in [1.82, 2.24) is 5.32 Å². The highest BCUT2D eigenvalue weighted by Gasteiger charge is 2.24. The van der Waals surface area contributed by atoms with Gasteiger partial charge >= 0.3 is 5.97 Å². The van der Waals surface area contributed by atoms with Gasteiger partial charge in [0.25, 0.3) is 0 Å². The number of carboxylic acid groups (broad SMARTS) is 1. The lowest BCUT2D eigenvalue weighted by Gasteiger charge is -2.17. The molecule has 0 radical (unpaired) electrons. The number of carboxylic acids is 1. The molecule has 7 nitrogen and oxygen atoms in total. The number of aliphatic carboxylic acids is 1. The van der Waals surface area contributed by atoms with Crippen molar-refractivity contribution < 1.29 is 24.2 Å². The van der Waals surface area contributed by atoms with Gasteiger partial charge in [-0.2, -0.15) is 0 Å². The summed E-state index contributed by atoms with van der Waals surface area (Å²) in [5.74, 6) is -0.917. The molecule has 1 fully saturated rings. The molecule has 126 valence electrons. The molecule has 1 amide bonds. The van der Waals surface area contributed by atoms with Gasteiger partial charge in [0.2, 0.25) is 5.91 Å². The Hall–Kier alpha value is -2.12. The van der Waals surface area contributed by atoms with Crippen molar-refractivity contribution in [3.8, 4) is 5.75 Å². The predicted molar refractivity (Wildman–Crippen MR) is 84.6 cm³/mol. The zero-order valence-corrected chi connectivity index (χ0v) is 13.1. The molecule has 1 saturated heterocycles. The quantitative estimate of drug-likeness (QED) is 0.666. The number of ether oxygens (including phenoxy) is 2. The van der Waals surface area contributed by atoms with Gasteiger partial charge in [-0.15, -0.1) is 0 Å². The SMILES string of the molecule is COc1ccccc1NC(=O)CC(NCC1CCCO1)C(=O)O. The molecule has 2 unspecified atom stereocenters. The van der Waals surface area contributed by atoms with E-state index in [1.165, 1.54) is 7.11 Å². The zero-order valence-electron chi connectivity index (χ0n) is 13.1. The van der Waals surface area contributed by atoms with E-state index in [0.29, 0.717) is 24.6 Å². The summed E-state index contributed by atoms with van der Waals surface area (Å²) in [7, 11) is 1.51. The monoisotopic (exact) mass is 322 g/mol. The van der Waals surface area contributed by atoms with Crippen LogP contribution in [0, 0.1) is 0 Å². The minimum absolute atomic E-state index is 0.0223. The van der Waals surface area contributed by atoms with E-state index in [4.69, 9.17) is 9.47 Å². The lowest BCUT2D eigenvalue weighted by molar-refractivity contribution is -0.141. The molecular formula is C16H22N2O5. The first-order chi connectivity index (χ1) is 11.1. The average molecular weight is 322 g/mol. The van der Waals surface area contributed by atoms with Gasteiger partial charge in [-0.1, -0.05) is 12.1 Å². The van der Waals surface area contributed by atoms with Crippen LogP contribution < -0.4 is 15.4 Å². The van der Waals surface area contributed by atoms with Crippen LogP contribution in [-0.4, -0.2) is 49.4 Å². The van der Waals surface area contributed by atoms with Crippen LogP contribution in [0.3, 0.4) is 0 Å². The molecule has 0 bridgehead atoms. The summed E-state index contributed by atoms with van der Waals surface area (Å²) in [6.45, 7) is 1.14. The summed E-state index contributed by atoms with van der Waals surface area (Å²) in [6, 6.07) is 6.03. The van der Waals surface area contributed by atoms with Crippen molar-refractivity contribution in [3.63, 3.8) is 0 Å². The molecule has 0 spiro atoms. The molecule has 2 rings (SSSR count). The largest absolute Gasteiger partial charge is 0.495 e. The molecule has 23 heavy (non-hydrogen) atoms. The van der Waals surface area contributed by atoms with E-state index in [-0.39, 0.29) is 18.4 Å². The fourth-order valence-electron chi connectivity index (χ4n) is 2.46. The van der Waals surface area contributed by atoms with E-state index in [1.54, 1.807) is 24.3 Å². The third-order valence-electron chi connectivity index (χ3n) is 3.68. The number of amides is 1. The summed E-state index contributed by atoms with van der Waals surface area (Å²) in [5.41, 5.74) is 0.517. The first-order valence-corrected chi connectivity index (χ1v) is 7.61. The van der Waals surface area contributed by atoms with Gasteiger partial charge in [0.05, 0.1) is 25.3 Å². The van der Waals surface area contributed by atoms with Crippen molar-refractivity contribution in [2.75, 3.05) is 25.6 Å². The van der Waals surface area contributed by atoms with Crippen LogP contribution >= 0.6 is 0 Å². The standard InChI is InChI=1S/C16H22N2O5/c1-22-14-7-3-2-6-12(14)18-15(19)9-13(16(20)21)17-10-11-5-4-8-23-11/h2-3,6-7,11,13,17H,4-5,8-10H2,1H3,(H,18,19)(H,20,21). The summed E-state index contributed by atoms with van der Waals surface area (Å²) >= 11 is 0. The lowest BCUT2D eigenvalue weighted by atomic mass is 10.1. The van der Waals surface area contributed by atoms with Crippen LogP contribution in [0.25, 0.3) is 0 Å². The Balaban J connectivity index is 1.88. The van der Waals surface area contributed by atoms with E-state index in [0.717, 1.165) is 12.8 Å². The highest BCUT2D eigenvalue weighted by molar-refractivity contribution is 5.95. The molecule has 1 aromatic rings. The summed E-state index contributed by atoms with van der Waals surface area (Å²) in [6.07, 6.45) is 1.75. The third-order valence-corrected chi connectivity index (χ3v) is 3.68. The number of rotatable bonds is 8. The maximum atomic E-state index is 12.1. The minimum atomic E-state index is -1.06. The smallest absolute Gasteiger partial charge is 0.321 e. The van der Waals surface area contributed by atoms with Crippen molar-refractivity contribution in [3.05, 3.63) is 24.3 Å². The van der Waals surface area contributed by atoms with Crippen molar-refractivity contribution in [2.24, 2.45) is 0 Å². The van der Waals surface area contributed by atoms with Crippen LogP contribution in [-0.2, 0) is 14.3 Å². The van der Waals surface area contributed by atoms with Crippen LogP contribution in [0.5, 0.6) is 5.75 Å². The van der Waals surface area contributed by atoms with E-state index in [9.17, 15) is 14.7 Å². The van der Waals surface area contributed by atoms with Gasteiger partial charge < -0.3 is 25.2 Å². The maximum absolute atomic E-state index is 12.1. The highest BCUT2D eigenvalue weighted by Crippen LogP contribution is 2.23. The second-order valence-electron chi connectivity index (χ2n) is 5.39. The van der Waals surface area contributed by atoms with Gasteiger partial charge in [-0.25, -0.2) is 0 Å². The fraction of sp³-hybridized carbons (Fsp3) is 0.500. The topological polar surface area (TPSA) is 96.9 Å². The number of benzene rings is 1. The van der Waals surface area contributed by atoms with Crippen molar-refractivity contribution in [1.29, 1.82) is 0 Å². The average Bonchev–Trinajstić information content (AvgIpc) is 3.05. The second kappa shape index (κ2) is 8.50. The maximum Gasteiger partial charge on any atom is 0.321 e. The Bertz CT molecular complexity index is 543. The van der Waals surface area contributed by atoms with Crippen LogP contribution in [0.1, 0.15) is 19.3 Å². The lowest BCUT2D eigenvalue weighted by Crippen LogP contribution is -2.43. The first kappa shape index (κ1) is 17.2. The Morgan fingerprint density at radius 2 is 2.22 bits per heavy atom. The Kier molecular flexibility index (Phi) is 6.37. The minimum Gasteiger partial charge on any atom is -0.495 e. The molecule has 2 atom stereocenters.